The fraction of sp³-hybridized carbons (Fsp3) is 0.417. The van der Waals surface area contributed by atoms with Crippen molar-refractivity contribution in [1.29, 1.82) is 0 Å². The Hall–Kier alpha value is -3.69. The van der Waals surface area contributed by atoms with Gasteiger partial charge in [-0.25, -0.2) is 9.97 Å². The average Bonchev–Trinajstić information content (AvgIpc) is 3.44. The molecule has 4 aromatic rings. The third-order valence-electron chi connectivity index (χ3n) is 6.32. The lowest BCUT2D eigenvalue weighted by molar-refractivity contribution is 0.120. The fourth-order valence-electron chi connectivity index (χ4n) is 4.61. The van der Waals surface area contributed by atoms with Crippen molar-refractivity contribution in [3.8, 4) is 17.1 Å². The smallest absolute Gasteiger partial charge is 0.252 e. The van der Waals surface area contributed by atoms with Gasteiger partial charge in [-0.05, 0) is 38.7 Å². The minimum absolute atomic E-state index is 0.0556. The molecule has 1 aliphatic rings. The van der Waals surface area contributed by atoms with E-state index in [1.165, 1.54) is 0 Å². The van der Waals surface area contributed by atoms with Gasteiger partial charge >= 0.3 is 0 Å². The van der Waals surface area contributed by atoms with Gasteiger partial charge < -0.3 is 15.4 Å². The molecule has 178 valence electrons. The number of pyridine rings is 2. The van der Waals surface area contributed by atoms with Crippen LogP contribution in [0.3, 0.4) is 0 Å². The molecule has 4 heterocycles. The number of aryl methyl sites for hydroxylation is 1. The number of rotatable bonds is 7. The molecular formula is C24H29FN8O. The van der Waals surface area contributed by atoms with Gasteiger partial charge in [-0.3, -0.25) is 9.36 Å². The van der Waals surface area contributed by atoms with Gasteiger partial charge in [0.15, 0.2) is 0 Å². The summed E-state index contributed by atoms with van der Waals surface area (Å²) in [5.41, 5.74) is 3.28. The van der Waals surface area contributed by atoms with Crippen LogP contribution in [0.2, 0.25) is 0 Å². The number of hydrogen-bond donors (Lipinski definition) is 2. The van der Waals surface area contributed by atoms with Gasteiger partial charge in [0.25, 0.3) is 5.88 Å². The highest BCUT2D eigenvalue weighted by Gasteiger charge is 2.28. The van der Waals surface area contributed by atoms with Gasteiger partial charge in [0.2, 0.25) is 5.82 Å². The zero-order valence-corrected chi connectivity index (χ0v) is 19.6. The summed E-state index contributed by atoms with van der Waals surface area (Å²) in [5.74, 6) is 0.437. The van der Waals surface area contributed by atoms with E-state index in [1.807, 2.05) is 25.6 Å². The Balaban J connectivity index is 1.39. The Kier molecular flexibility index (Phi) is 6.04. The molecule has 5 rings (SSSR count). The number of aromatic nitrogens is 6. The van der Waals surface area contributed by atoms with E-state index < -0.39 is 5.82 Å². The van der Waals surface area contributed by atoms with Gasteiger partial charge in [0, 0.05) is 56.2 Å². The molecule has 10 heteroatoms. The predicted octanol–water partition coefficient (Wildman–Crippen LogP) is 4.40. The van der Waals surface area contributed by atoms with Crippen LogP contribution in [0.1, 0.15) is 38.6 Å². The third-order valence-corrected chi connectivity index (χ3v) is 6.32. The van der Waals surface area contributed by atoms with E-state index in [4.69, 9.17) is 9.84 Å². The third kappa shape index (κ3) is 4.15. The van der Waals surface area contributed by atoms with Gasteiger partial charge in [-0.1, -0.05) is 0 Å². The zero-order chi connectivity index (χ0) is 23.7. The first-order chi connectivity index (χ1) is 16.6. The number of ether oxygens (including phenoxy) is 1. The monoisotopic (exact) mass is 464 g/mol. The lowest BCUT2D eigenvalue weighted by Gasteiger charge is -2.29. The Labute approximate surface area is 197 Å². The van der Waals surface area contributed by atoms with Crippen LogP contribution in [0.15, 0.2) is 36.9 Å². The van der Waals surface area contributed by atoms with Crippen molar-refractivity contribution in [1.82, 2.24) is 29.5 Å². The summed E-state index contributed by atoms with van der Waals surface area (Å²) < 4.78 is 24.4. The van der Waals surface area contributed by atoms with E-state index >= 15 is 0 Å². The second kappa shape index (κ2) is 9.28. The molecule has 0 amide bonds. The van der Waals surface area contributed by atoms with E-state index in [9.17, 15) is 4.39 Å². The fourth-order valence-corrected chi connectivity index (χ4v) is 4.61. The maximum Gasteiger partial charge on any atom is 0.252 e. The topological polar surface area (TPSA) is 94.7 Å². The van der Waals surface area contributed by atoms with Crippen molar-refractivity contribution in [2.24, 2.45) is 7.05 Å². The van der Waals surface area contributed by atoms with Crippen LogP contribution >= 0.6 is 0 Å². The highest BCUT2D eigenvalue weighted by molar-refractivity contribution is 5.93. The highest BCUT2D eigenvalue weighted by Crippen LogP contribution is 2.36. The SMILES string of the molecule is CCNc1cc2c(cn1)c(-c1cnn(C)c1)nn2C1CCC(Oc2nccc(NC)c2F)CC1. The molecule has 0 unspecified atom stereocenters. The maximum atomic E-state index is 14.5. The van der Waals surface area contributed by atoms with Crippen LogP contribution < -0.4 is 15.4 Å². The average molecular weight is 465 g/mol. The zero-order valence-electron chi connectivity index (χ0n) is 19.6. The lowest BCUT2D eigenvalue weighted by atomic mass is 9.93. The lowest BCUT2D eigenvalue weighted by Crippen LogP contribution is -2.27. The number of nitrogens with zero attached hydrogens (tertiary/aromatic N) is 6. The molecule has 0 saturated heterocycles. The number of halogens is 1. The molecule has 0 bridgehead atoms. The normalized spacial score (nSPS) is 18.2. The quantitative estimate of drug-likeness (QED) is 0.419. The number of fused-ring (bicyclic) bond motifs is 1. The summed E-state index contributed by atoms with van der Waals surface area (Å²) in [6.07, 6.45) is 10.5. The van der Waals surface area contributed by atoms with Crippen LogP contribution in [-0.4, -0.2) is 49.2 Å². The first kappa shape index (κ1) is 22.1. The molecule has 1 saturated carbocycles. The largest absolute Gasteiger partial charge is 0.472 e. The summed E-state index contributed by atoms with van der Waals surface area (Å²) in [4.78, 5) is 8.66. The highest BCUT2D eigenvalue weighted by atomic mass is 19.1. The second-order valence-corrected chi connectivity index (χ2v) is 8.59. The first-order valence-electron chi connectivity index (χ1n) is 11.7. The minimum Gasteiger partial charge on any atom is -0.472 e. The predicted molar refractivity (Wildman–Crippen MR) is 130 cm³/mol. The Morgan fingerprint density at radius 2 is 2.00 bits per heavy atom. The summed E-state index contributed by atoms with van der Waals surface area (Å²) in [7, 11) is 3.58. The summed E-state index contributed by atoms with van der Waals surface area (Å²) in [5, 5.41) is 16.5. The van der Waals surface area contributed by atoms with Crippen molar-refractivity contribution in [2.75, 3.05) is 24.2 Å². The Morgan fingerprint density at radius 1 is 1.18 bits per heavy atom. The Bertz CT molecular complexity index is 1290. The number of nitrogens with one attached hydrogen (secondary N) is 2. The molecule has 1 aliphatic carbocycles. The molecule has 0 radical (unpaired) electrons. The summed E-state index contributed by atoms with van der Waals surface area (Å²) >= 11 is 0. The standard InChI is InChI=1S/C24H29FN8O/c1-4-27-21-11-20-18(13-29-21)23(15-12-30-32(3)14-15)31-33(20)16-5-7-17(8-6-16)34-24-22(25)19(26-2)9-10-28-24/h9-14,16-17H,4-8H2,1-3H3,(H,26,28)(H,27,29). The van der Waals surface area contributed by atoms with Gasteiger partial charge in [-0.2, -0.15) is 14.6 Å². The van der Waals surface area contributed by atoms with Crippen molar-refractivity contribution in [3.63, 3.8) is 0 Å². The molecule has 34 heavy (non-hydrogen) atoms. The van der Waals surface area contributed by atoms with Crippen molar-refractivity contribution < 1.29 is 9.13 Å². The van der Waals surface area contributed by atoms with E-state index in [0.29, 0.717) is 5.69 Å². The molecular weight excluding hydrogens is 435 g/mol. The Morgan fingerprint density at radius 3 is 2.71 bits per heavy atom. The van der Waals surface area contributed by atoms with Crippen molar-refractivity contribution >= 4 is 22.4 Å². The van der Waals surface area contributed by atoms with E-state index in [0.717, 1.165) is 60.2 Å². The van der Waals surface area contributed by atoms with Crippen LogP contribution in [0, 0.1) is 5.82 Å². The molecule has 1 fully saturated rings. The van der Waals surface area contributed by atoms with Gasteiger partial charge in [0.1, 0.15) is 17.6 Å². The molecule has 0 aliphatic heterocycles. The molecule has 0 aromatic carbocycles. The molecule has 9 nitrogen and oxygen atoms in total. The van der Waals surface area contributed by atoms with Crippen molar-refractivity contribution in [2.45, 2.75) is 44.8 Å². The van der Waals surface area contributed by atoms with Crippen LogP contribution in [0.25, 0.3) is 22.2 Å². The van der Waals surface area contributed by atoms with Crippen LogP contribution in [-0.2, 0) is 7.05 Å². The van der Waals surface area contributed by atoms with E-state index in [2.05, 4.69) is 43.4 Å². The van der Waals surface area contributed by atoms with E-state index in [-0.39, 0.29) is 18.0 Å². The molecule has 0 spiro atoms. The van der Waals surface area contributed by atoms with Crippen LogP contribution in [0.4, 0.5) is 15.9 Å². The van der Waals surface area contributed by atoms with Crippen LogP contribution in [0.5, 0.6) is 5.88 Å². The number of anilines is 2. The minimum atomic E-state index is -0.449. The summed E-state index contributed by atoms with van der Waals surface area (Å²) in [6.45, 7) is 2.85. The molecule has 0 atom stereocenters. The number of hydrogen-bond acceptors (Lipinski definition) is 7. The van der Waals surface area contributed by atoms with Crippen molar-refractivity contribution in [3.05, 3.63) is 42.7 Å². The van der Waals surface area contributed by atoms with Gasteiger partial charge in [0.05, 0.1) is 23.4 Å². The van der Waals surface area contributed by atoms with E-state index in [1.54, 1.807) is 24.0 Å². The first-order valence-corrected chi connectivity index (χ1v) is 11.7. The second-order valence-electron chi connectivity index (χ2n) is 8.59. The van der Waals surface area contributed by atoms with Gasteiger partial charge in [-0.15, -0.1) is 0 Å². The molecule has 4 aromatic heterocycles. The molecule has 2 N–H and O–H groups in total. The maximum absolute atomic E-state index is 14.5. The summed E-state index contributed by atoms with van der Waals surface area (Å²) in [6, 6.07) is 3.88.